The van der Waals surface area contributed by atoms with Gasteiger partial charge in [0.1, 0.15) is 24.6 Å². The molecule has 0 saturated carbocycles. The van der Waals surface area contributed by atoms with E-state index < -0.39 is 42.9 Å². The van der Waals surface area contributed by atoms with Crippen molar-refractivity contribution in [3.63, 3.8) is 0 Å². The van der Waals surface area contributed by atoms with E-state index in [0.29, 0.717) is 51.8 Å². The number of thiophene rings is 1. The lowest BCUT2D eigenvalue weighted by atomic mass is 10.00. The number of nitrogens with two attached hydrogens (primary N) is 1. The smallest absolute Gasteiger partial charge is 0.394 e. The van der Waals surface area contributed by atoms with Gasteiger partial charge in [-0.2, -0.15) is 13.2 Å². The zero-order chi connectivity index (χ0) is 35.4. The minimum Gasteiger partial charge on any atom is -0.394 e. The van der Waals surface area contributed by atoms with Crippen LogP contribution in [0.5, 0.6) is 0 Å². The monoisotopic (exact) mass is 711 g/mol. The lowest BCUT2D eigenvalue weighted by molar-refractivity contribution is -0.137. The number of fused-ring (bicyclic) bond motifs is 1. The average Bonchev–Trinajstić information content (AvgIpc) is 3.80. The zero-order valence-electron chi connectivity index (χ0n) is 26.7. The van der Waals surface area contributed by atoms with Crippen molar-refractivity contribution in [1.82, 2.24) is 24.8 Å². The predicted octanol–water partition coefficient (Wildman–Crippen LogP) is 4.84. The number of ether oxygens (including phenoxy) is 1. The number of imidazole rings is 1. The van der Waals surface area contributed by atoms with E-state index in [2.05, 4.69) is 25.6 Å². The van der Waals surface area contributed by atoms with Crippen molar-refractivity contribution >= 4 is 39.2 Å². The Labute approximate surface area is 288 Å². The molecule has 0 bridgehead atoms. The van der Waals surface area contributed by atoms with Crippen LogP contribution in [0.4, 0.5) is 24.0 Å². The summed E-state index contributed by atoms with van der Waals surface area (Å²) < 4.78 is 47.0. The maximum atomic E-state index is 13.3. The van der Waals surface area contributed by atoms with Gasteiger partial charge in [0.25, 0.3) is 5.91 Å². The minimum absolute atomic E-state index is 0.217. The Bertz CT molecular complexity index is 1930. The van der Waals surface area contributed by atoms with Crippen LogP contribution in [-0.4, -0.2) is 78.8 Å². The number of nitrogen functional groups attached to an aromatic ring is 1. The molecule has 5 aromatic rings. The number of halogens is 3. The number of unbranched alkanes of at least 4 members (excludes halogenated alkanes) is 3. The Morgan fingerprint density at radius 3 is 2.44 bits per heavy atom. The second-order valence-corrected chi connectivity index (χ2v) is 13.0. The van der Waals surface area contributed by atoms with Crippen LogP contribution in [0.2, 0.25) is 0 Å². The van der Waals surface area contributed by atoms with E-state index in [4.69, 9.17) is 10.5 Å². The molecule has 0 spiro atoms. The second-order valence-electron chi connectivity index (χ2n) is 11.9. The molecule has 4 atom stereocenters. The summed E-state index contributed by atoms with van der Waals surface area (Å²) in [6.07, 6.45) is -2.57. The Balaban J connectivity index is 0.946. The molecule has 1 fully saturated rings. The molecule has 0 aliphatic carbocycles. The highest BCUT2D eigenvalue weighted by atomic mass is 32.1. The Kier molecular flexibility index (Phi) is 10.6. The van der Waals surface area contributed by atoms with Crippen molar-refractivity contribution in [3.05, 3.63) is 78.4 Å². The molecule has 4 heterocycles. The van der Waals surface area contributed by atoms with Gasteiger partial charge < -0.3 is 36.4 Å². The first-order valence-corrected chi connectivity index (χ1v) is 16.9. The maximum absolute atomic E-state index is 13.3. The second kappa shape index (κ2) is 15.1. The predicted molar refractivity (Wildman–Crippen MR) is 182 cm³/mol. The topological polar surface area (TPSA) is 181 Å². The highest BCUT2D eigenvalue weighted by molar-refractivity contribution is 7.19. The third-order valence-electron chi connectivity index (χ3n) is 8.49. The van der Waals surface area contributed by atoms with Crippen molar-refractivity contribution < 1.29 is 38.0 Å². The Morgan fingerprint density at radius 2 is 1.72 bits per heavy atom. The molecule has 50 heavy (non-hydrogen) atoms. The van der Waals surface area contributed by atoms with Crippen molar-refractivity contribution in [2.75, 3.05) is 30.7 Å². The summed E-state index contributed by atoms with van der Waals surface area (Å²) in [4.78, 5) is 26.4. The van der Waals surface area contributed by atoms with Gasteiger partial charge in [0.15, 0.2) is 23.2 Å². The Morgan fingerprint density at radius 1 is 0.960 bits per heavy atom. The molecular formula is C34H36F3N7O5S. The molecule has 12 nitrogen and oxygen atoms in total. The number of amides is 1. The molecule has 0 radical (unpaired) electrons. The maximum Gasteiger partial charge on any atom is 0.416 e. The normalized spacial score (nSPS) is 19.2. The van der Waals surface area contributed by atoms with Crippen LogP contribution in [0.3, 0.4) is 0 Å². The number of carbonyl (C=O) groups excluding carboxylic acids is 1. The fourth-order valence-electron chi connectivity index (χ4n) is 5.87. The zero-order valence-corrected chi connectivity index (χ0v) is 27.5. The molecule has 3 aromatic heterocycles. The summed E-state index contributed by atoms with van der Waals surface area (Å²) in [5.41, 5.74) is 8.44. The van der Waals surface area contributed by atoms with E-state index in [0.717, 1.165) is 48.3 Å². The van der Waals surface area contributed by atoms with E-state index in [-0.39, 0.29) is 5.91 Å². The van der Waals surface area contributed by atoms with Crippen LogP contribution in [0.1, 0.15) is 47.8 Å². The summed E-state index contributed by atoms with van der Waals surface area (Å²) in [5.74, 6) is 0.305. The van der Waals surface area contributed by atoms with Gasteiger partial charge in [-0.1, -0.05) is 37.1 Å². The summed E-state index contributed by atoms with van der Waals surface area (Å²) >= 11 is 1.27. The molecular weight excluding hydrogens is 675 g/mol. The number of hydrogen-bond acceptors (Lipinski definition) is 11. The molecule has 6 rings (SSSR count). The number of nitrogens with zero attached hydrogens (tertiary/aromatic N) is 4. The van der Waals surface area contributed by atoms with Gasteiger partial charge in [0.2, 0.25) is 0 Å². The van der Waals surface area contributed by atoms with E-state index in [1.165, 1.54) is 34.6 Å². The van der Waals surface area contributed by atoms with Crippen LogP contribution in [0.25, 0.3) is 32.7 Å². The SMILES string of the molecule is Nc1cc(-c2cccc(C(F)(F)F)c2)c(-c2ccc(C(=O)NCCCCCCNc3ncnc4c3ncn4[C@@H]3O[C@H](CO)[C@@H](O)[C@H]3O)cc2)s1. The van der Waals surface area contributed by atoms with E-state index in [1.54, 1.807) is 36.4 Å². The fraction of sp³-hybridized carbons (Fsp3) is 0.353. The van der Waals surface area contributed by atoms with Crippen LogP contribution < -0.4 is 16.4 Å². The lowest BCUT2D eigenvalue weighted by Crippen LogP contribution is -2.33. The molecule has 1 amide bonds. The van der Waals surface area contributed by atoms with Crippen molar-refractivity contribution in [2.45, 2.75) is 56.4 Å². The standard InChI is InChI=1S/C34H36F3N7O5S/c35-34(36,37)22-7-5-6-21(14-22)23-15-25(38)50-29(23)19-8-10-20(11-9-19)32(48)40-13-4-2-1-3-12-39-30-26-31(42-17-41-30)44(18-43-26)33-28(47)27(46)24(16-45)49-33/h5-11,14-15,17-18,24,27-28,33,45-47H,1-4,12-13,16,38H2,(H,40,48)(H,39,41,42)/t24-,27-,28-,33-/m1/s1. The molecule has 2 aromatic carbocycles. The first-order chi connectivity index (χ1) is 24.0. The molecule has 7 N–H and O–H groups in total. The molecule has 16 heteroatoms. The summed E-state index contributed by atoms with van der Waals surface area (Å²) in [6, 6.07) is 13.7. The first-order valence-electron chi connectivity index (χ1n) is 16.0. The third kappa shape index (κ3) is 7.58. The average molecular weight is 712 g/mol. The number of aromatic nitrogens is 4. The molecule has 1 aliphatic rings. The van der Waals surface area contributed by atoms with Gasteiger partial charge in [-0.3, -0.25) is 9.36 Å². The van der Waals surface area contributed by atoms with E-state index in [1.807, 2.05) is 0 Å². The first kappa shape index (κ1) is 35.2. The lowest BCUT2D eigenvalue weighted by Gasteiger charge is -2.16. The minimum atomic E-state index is -4.46. The highest BCUT2D eigenvalue weighted by Gasteiger charge is 2.44. The van der Waals surface area contributed by atoms with Crippen molar-refractivity contribution in [1.29, 1.82) is 0 Å². The molecule has 264 valence electrons. The van der Waals surface area contributed by atoms with Crippen LogP contribution >= 0.6 is 11.3 Å². The molecule has 1 aliphatic heterocycles. The van der Waals surface area contributed by atoms with Crippen molar-refractivity contribution in [2.24, 2.45) is 0 Å². The quantitative estimate of drug-likeness (QED) is 0.0926. The summed E-state index contributed by atoms with van der Waals surface area (Å²) in [5, 5.41) is 36.5. The largest absolute Gasteiger partial charge is 0.416 e. The third-order valence-corrected chi connectivity index (χ3v) is 9.51. The number of hydrogen-bond donors (Lipinski definition) is 6. The number of aliphatic hydroxyl groups excluding tert-OH is 3. The van der Waals surface area contributed by atoms with Gasteiger partial charge in [-0.25, -0.2) is 15.0 Å². The number of benzene rings is 2. The number of anilines is 2. The van der Waals surface area contributed by atoms with E-state index in [9.17, 15) is 33.3 Å². The van der Waals surface area contributed by atoms with Gasteiger partial charge in [0, 0.05) is 29.1 Å². The Hall–Kier alpha value is -4.61. The van der Waals surface area contributed by atoms with Crippen molar-refractivity contribution in [3.8, 4) is 21.6 Å². The van der Waals surface area contributed by atoms with E-state index >= 15 is 0 Å². The van der Waals surface area contributed by atoms with Gasteiger partial charge in [-0.15, -0.1) is 11.3 Å². The number of rotatable bonds is 13. The number of alkyl halides is 3. The number of carbonyl (C=O) groups is 1. The molecule has 1 saturated heterocycles. The van der Waals surface area contributed by atoms with Crippen LogP contribution in [0.15, 0.2) is 67.3 Å². The van der Waals surface area contributed by atoms with Crippen LogP contribution in [-0.2, 0) is 10.9 Å². The highest BCUT2D eigenvalue weighted by Crippen LogP contribution is 2.42. The number of aliphatic hydroxyl groups is 3. The van der Waals surface area contributed by atoms with Gasteiger partial charge in [-0.05, 0) is 54.3 Å². The van der Waals surface area contributed by atoms with Crippen LogP contribution in [0, 0.1) is 0 Å². The van der Waals surface area contributed by atoms with Gasteiger partial charge in [0.05, 0.1) is 23.5 Å². The molecule has 0 unspecified atom stereocenters. The summed E-state index contributed by atoms with van der Waals surface area (Å²) in [6.45, 7) is 0.688. The fourth-order valence-corrected chi connectivity index (χ4v) is 6.82. The number of nitrogens with one attached hydrogen (secondary N) is 2. The summed E-state index contributed by atoms with van der Waals surface area (Å²) in [7, 11) is 0. The van der Waals surface area contributed by atoms with Gasteiger partial charge >= 0.3 is 6.18 Å².